The molecular weight excluding hydrogens is 230 g/mol. The SMILES string of the molecule is CCCN(CC(=O)OCC)c1ccc(C#N)nc1. The monoisotopic (exact) mass is 247 g/mol. The summed E-state index contributed by atoms with van der Waals surface area (Å²) in [4.78, 5) is 17.4. The van der Waals surface area contributed by atoms with Gasteiger partial charge in [0.2, 0.25) is 0 Å². The molecule has 1 heterocycles. The summed E-state index contributed by atoms with van der Waals surface area (Å²) >= 11 is 0. The largest absolute Gasteiger partial charge is 0.465 e. The van der Waals surface area contributed by atoms with Crippen molar-refractivity contribution in [2.75, 3.05) is 24.6 Å². The molecule has 18 heavy (non-hydrogen) atoms. The molecule has 5 heteroatoms. The van der Waals surface area contributed by atoms with Gasteiger partial charge in [0.15, 0.2) is 0 Å². The van der Waals surface area contributed by atoms with E-state index in [4.69, 9.17) is 10.00 Å². The van der Waals surface area contributed by atoms with Crippen molar-refractivity contribution < 1.29 is 9.53 Å². The summed E-state index contributed by atoms with van der Waals surface area (Å²) in [5.74, 6) is -0.254. The molecule has 0 aromatic carbocycles. The first kappa shape index (κ1) is 14.0. The number of ether oxygens (including phenoxy) is 1. The molecule has 0 aliphatic carbocycles. The zero-order chi connectivity index (χ0) is 13.4. The van der Waals surface area contributed by atoms with Crippen molar-refractivity contribution in [1.82, 2.24) is 4.98 Å². The summed E-state index contributed by atoms with van der Waals surface area (Å²) in [5.41, 5.74) is 1.19. The number of hydrogen-bond acceptors (Lipinski definition) is 5. The molecule has 5 nitrogen and oxygen atoms in total. The molecule has 1 aromatic rings. The lowest BCUT2D eigenvalue weighted by atomic mass is 10.3. The molecule has 0 amide bonds. The Morgan fingerprint density at radius 3 is 2.78 bits per heavy atom. The van der Waals surface area contributed by atoms with Crippen LogP contribution in [-0.4, -0.2) is 30.6 Å². The van der Waals surface area contributed by atoms with E-state index in [1.54, 1.807) is 25.3 Å². The number of rotatable bonds is 6. The molecule has 0 radical (unpaired) electrons. The van der Waals surface area contributed by atoms with Gasteiger partial charge in [0.05, 0.1) is 18.5 Å². The Hall–Kier alpha value is -2.09. The predicted molar refractivity (Wildman–Crippen MR) is 68.1 cm³/mol. The van der Waals surface area contributed by atoms with Crippen LogP contribution >= 0.6 is 0 Å². The predicted octanol–water partition coefficient (Wildman–Crippen LogP) is 1.73. The van der Waals surface area contributed by atoms with E-state index >= 15 is 0 Å². The molecule has 0 N–H and O–H groups in total. The maximum Gasteiger partial charge on any atom is 0.325 e. The highest BCUT2D eigenvalue weighted by Gasteiger charge is 2.11. The molecule has 0 atom stereocenters. The van der Waals surface area contributed by atoms with Crippen LogP contribution < -0.4 is 4.90 Å². The zero-order valence-corrected chi connectivity index (χ0v) is 10.7. The number of esters is 1. The number of carbonyl (C=O) groups excluding carboxylic acids is 1. The Labute approximate surface area is 107 Å². The lowest BCUT2D eigenvalue weighted by molar-refractivity contribution is -0.141. The zero-order valence-electron chi connectivity index (χ0n) is 10.7. The van der Waals surface area contributed by atoms with Gasteiger partial charge < -0.3 is 9.64 Å². The topological polar surface area (TPSA) is 66.2 Å². The molecule has 0 saturated carbocycles. The minimum Gasteiger partial charge on any atom is -0.465 e. The molecule has 0 bridgehead atoms. The molecule has 0 aliphatic heterocycles. The van der Waals surface area contributed by atoms with Crippen molar-refractivity contribution in [3.8, 4) is 6.07 Å². The minimum atomic E-state index is -0.254. The molecule has 96 valence electrons. The number of pyridine rings is 1. The number of aromatic nitrogens is 1. The van der Waals surface area contributed by atoms with E-state index in [-0.39, 0.29) is 12.5 Å². The lowest BCUT2D eigenvalue weighted by Gasteiger charge is -2.22. The van der Waals surface area contributed by atoms with Crippen LogP contribution in [0.1, 0.15) is 26.0 Å². The molecule has 0 saturated heterocycles. The Bertz CT molecular complexity index is 423. The van der Waals surface area contributed by atoms with Gasteiger partial charge in [-0.15, -0.1) is 0 Å². The minimum absolute atomic E-state index is 0.204. The van der Waals surface area contributed by atoms with Crippen LogP contribution in [0, 0.1) is 11.3 Å². The van der Waals surface area contributed by atoms with Crippen molar-refractivity contribution in [1.29, 1.82) is 5.26 Å². The van der Waals surface area contributed by atoms with Gasteiger partial charge in [-0.2, -0.15) is 5.26 Å². The maximum absolute atomic E-state index is 11.5. The molecule has 1 aromatic heterocycles. The standard InChI is InChI=1S/C13H17N3O2/c1-3-7-16(10-13(17)18-4-2)12-6-5-11(8-14)15-9-12/h5-6,9H,3-4,7,10H2,1-2H3. The van der Waals surface area contributed by atoms with Crippen LogP contribution in [0.3, 0.4) is 0 Å². The van der Waals surface area contributed by atoms with Crippen molar-refractivity contribution >= 4 is 11.7 Å². The second kappa shape index (κ2) is 7.28. The van der Waals surface area contributed by atoms with Gasteiger partial charge in [-0.25, -0.2) is 4.98 Å². The Morgan fingerprint density at radius 1 is 1.50 bits per heavy atom. The van der Waals surface area contributed by atoms with Crippen LogP contribution in [0.4, 0.5) is 5.69 Å². The smallest absolute Gasteiger partial charge is 0.325 e. The average Bonchev–Trinajstić information content (AvgIpc) is 2.39. The fraction of sp³-hybridized carbons (Fsp3) is 0.462. The van der Waals surface area contributed by atoms with Gasteiger partial charge in [-0.1, -0.05) is 6.92 Å². The van der Waals surface area contributed by atoms with E-state index in [0.29, 0.717) is 12.3 Å². The first-order chi connectivity index (χ1) is 8.71. The van der Waals surface area contributed by atoms with E-state index in [0.717, 1.165) is 18.7 Å². The summed E-state index contributed by atoms with van der Waals surface area (Å²) in [6.45, 7) is 5.15. The maximum atomic E-state index is 11.5. The highest BCUT2D eigenvalue weighted by molar-refractivity contribution is 5.75. The average molecular weight is 247 g/mol. The summed E-state index contributed by atoms with van der Waals surface area (Å²) in [5, 5.41) is 8.69. The Kier molecular flexibility index (Phi) is 5.65. The van der Waals surface area contributed by atoms with E-state index in [9.17, 15) is 4.79 Å². The first-order valence-corrected chi connectivity index (χ1v) is 5.98. The number of anilines is 1. The Balaban J connectivity index is 2.76. The number of carbonyl (C=O) groups is 1. The van der Waals surface area contributed by atoms with Crippen LogP contribution in [0.5, 0.6) is 0 Å². The van der Waals surface area contributed by atoms with Gasteiger partial charge in [-0.3, -0.25) is 4.79 Å². The van der Waals surface area contributed by atoms with Crippen molar-refractivity contribution in [3.05, 3.63) is 24.0 Å². The molecule has 0 aliphatic rings. The summed E-state index contributed by atoms with van der Waals surface area (Å²) in [7, 11) is 0. The van der Waals surface area contributed by atoms with Gasteiger partial charge in [0.1, 0.15) is 18.3 Å². The normalized spacial score (nSPS) is 9.61. The van der Waals surface area contributed by atoms with Crippen LogP contribution in [0.15, 0.2) is 18.3 Å². The van der Waals surface area contributed by atoms with Gasteiger partial charge in [0, 0.05) is 6.54 Å². The Morgan fingerprint density at radius 2 is 2.28 bits per heavy atom. The highest BCUT2D eigenvalue weighted by Crippen LogP contribution is 2.13. The first-order valence-electron chi connectivity index (χ1n) is 5.98. The summed E-state index contributed by atoms with van der Waals surface area (Å²) in [6.07, 6.45) is 2.52. The highest BCUT2D eigenvalue weighted by atomic mass is 16.5. The lowest BCUT2D eigenvalue weighted by Crippen LogP contribution is -2.31. The quantitative estimate of drug-likeness (QED) is 0.716. The van der Waals surface area contributed by atoms with E-state index in [2.05, 4.69) is 4.98 Å². The molecule has 0 unspecified atom stereocenters. The van der Waals surface area contributed by atoms with E-state index in [1.807, 2.05) is 17.9 Å². The molecule has 1 rings (SSSR count). The van der Waals surface area contributed by atoms with Crippen LogP contribution in [0.2, 0.25) is 0 Å². The van der Waals surface area contributed by atoms with Crippen LogP contribution in [0.25, 0.3) is 0 Å². The third-order valence-electron chi connectivity index (χ3n) is 2.35. The number of nitrogens with zero attached hydrogens (tertiary/aromatic N) is 3. The summed E-state index contributed by atoms with van der Waals surface area (Å²) in [6, 6.07) is 5.40. The van der Waals surface area contributed by atoms with Gasteiger partial charge >= 0.3 is 5.97 Å². The van der Waals surface area contributed by atoms with Gasteiger partial charge in [0.25, 0.3) is 0 Å². The molecule has 0 spiro atoms. The third-order valence-corrected chi connectivity index (χ3v) is 2.35. The van der Waals surface area contributed by atoms with Crippen molar-refractivity contribution in [2.45, 2.75) is 20.3 Å². The molecule has 0 fully saturated rings. The third kappa shape index (κ3) is 4.06. The van der Waals surface area contributed by atoms with Crippen molar-refractivity contribution in [3.63, 3.8) is 0 Å². The van der Waals surface area contributed by atoms with Gasteiger partial charge in [-0.05, 0) is 25.5 Å². The molecular formula is C13H17N3O2. The van der Waals surface area contributed by atoms with Crippen LogP contribution in [-0.2, 0) is 9.53 Å². The fourth-order valence-electron chi connectivity index (χ4n) is 1.57. The summed E-state index contributed by atoms with van der Waals surface area (Å²) < 4.78 is 4.93. The van der Waals surface area contributed by atoms with E-state index < -0.39 is 0 Å². The second-order valence-electron chi connectivity index (χ2n) is 3.74. The van der Waals surface area contributed by atoms with Crippen molar-refractivity contribution in [2.24, 2.45) is 0 Å². The number of hydrogen-bond donors (Lipinski definition) is 0. The second-order valence-corrected chi connectivity index (χ2v) is 3.74. The van der Waals surface area contributed by atoms with E-state index in [1.165, 1.54) is 0 Å². The fourth-order valence-corrected chi connectivity index (χ4v) is 1.57. The number of nitriles is 1.